The Morgan fingerprint density at radius 1 is 1.17 bits per heavy atom. The van der Waals surface area contributed by atoms with Crippen molar-refractivity contribution < 1.29 is 14.1 Å². The van der Waals surface area contributed by atoms with E-state index in [1.54, 1.807) is 36.4 Å². The molecule has 2 aromatic carbocycles. The van der Waals surface area contributed by atoms with Crippen LogP contribution in [0.2, 0.25) is 5.02 Å². The van der Waals surface area contributed by atoms with E-state index in [2.05, 4.69) is 5.16 Å². The molecule has 0 aliphatic carbocycles. The SMILES string of the molecule is CC(=O)c1ccccc1OCc1cc(-c2ccc(Cl)cc2)no1. The van der Waals surface area contributed by atoms with Gasteiger partial charge in [0.05, 0.1) is 5.56 Å². The molecule has 1 aromatic heterocycles. The van der Waals surface area contributed by atoms with Crippen LogP contribution in [0.5, 0.6) is 5.75 Å². The monoisotopic (exact) mass is 327 g/mol. The van der Waals surface area contributed by atoms with Crippen molar-refractivity contribution in [2.75, 3.05) is 0 Å². The lowest BCUT2D eigenvalue weighted by molar-refractivity contribution is 0.101. The van der Waals surface area contributed by atoms with Gasteiger partial charge in [0.25, 0.3) is 0 Å². The number of nitrogens with zero attached hydrogens (tertiary/aromatic N) is 1. The van der Waals surface area contributed by atoms with Crippen molar-refractivity contribution in [3.63, 3.8) is 0 Å². The van der Waals surface area contributed by atoms with Gasteiger partial charge in [0.1, 0.15) is 18.1 Å². The molecule has 5 heteroatoms. The van der Waals surface area contributed by atoms with E-state index in [0.29, 0.717) is 27.8 Å². The molecule has 0 atom stereocenters. The first-order chi connectivity index (χ1) is 11.1. The van der Waals surface area contributed by atoms with Gasteiger partial charge in [-0.25, -0.2) is 0 Å². The molecule has 0 amide bonds. The zero-order chi connectivity index (χ0) is 16.2. The van der Waals surface area contributed by atoms with Gasteiger partial charge >= 0.3 is 0 Å². The number of Topliss-reactive ketones (excluding diaryl/α,β-unsaturated/α-hetero) is 1. The van der Waals surface area contributed by atoms with Crippen LogP contribution >= 0.6 is 11.6 Å². The minimum atomic E-state index is -0.0416. The van der Waals surface area contributed by atoms with Crippen molar-refractivity contribution in [3.8, 4) is 17.0 Å². The Kier molecular flexibility index (Phi) is 4.44. The lowest BCUT2D eigenvalue weighted by atomic mass is 10.1. The second-order valence-corrected chi connectivity index (χ2v) is 5.46. The molecule has 0 unspecified atom stereocenters. The van der Waals surface area contributed by atoms with Crippen molar-refractivity contribution >= 4 is 17.4 Å². The normalized spacial score (nSPS) is 10.5. The van der Waals surface area contributed by atoms with E-state index >= 15 is 0 Å². The summed E-state index contributed by atoms with van der Waals surface area (Å²) in [6, 6.07) is 16.3. The Bertz CT molecular complexity index is 824. The zero-order valence-electron chi connectivity index (χ0n) is 12.5. The summed E-state index contributed by atoms with van der Waals surface area (Å²) in [5.74, 6) is 1.07. The standard InChI is InChI=1S/C18H14ClNO3/c1-12(21)16-4-2-3-5-18(16)22-11-15-10-17(20-23-15)13-6-8-14(19)9-7-13/h2-10H,11H2,1H3. The van der Waals surface area contributed by atoms with Crippen molar-refractivity contribution in [2.45, 2.75) is 13.5 Å². The molecular weight excluding hydrogens is 314 g/mol. The first kappa shape index (κ1) is 15.3. The Morgan fingerprint density at radius 3 is 2.65 bits per heavy atom. The molecule has 23 heavy (non-hydrogen) atoms. The number of carbonyl (C=O) groups is 1. The van der Waals surface area contributed by atoms with E-state index in [1.165, 1.54) is 6.92 Å². The molecule has 0 radical (unpaired) electrons. The number of aromatic nitrogens is 1. The van der Waals surface area contributed by atoms with Crippen LogP contribution in [-0.4, -0.2) is 10.9 Å². The highest BCUT2D eigenvalue weighted by molar-refractivity contribution is 6.30. The van der Waals surface area contributed by atoms with Crippen molar-refractivity contribution in [1.82, 2.24) is 5.16 Å². The Balaban J connectivity index is 1.73. The van der Waals surface area contributed by atoms with Crippen LogP contribution in [-0.2, 0) is 6.61 Å². The molecule has 0 saturated heterocycles. The van der Waals surface area contributed by atoms with Crippen LogP contribution in [0.4, 0.5) is 0 Å². The Morgan fingerprint density at radius 2 is 1.91 bits per heavy atom. The number of carbonyl (C=O) groups excluding carboxylic acids is 1. The van der Waals surface area contributed by atoms with Crippen LogP contribution < -0.4 is 4.74 Å². The second-order valence-electron chi connectivity index (χ2n) is 5.03. The van der Waals surface area contributed by atoms with E-state index in [0.717, 1.165) is 5.56 Å². The summed E-state index contributed by atoms with van der Waals surface area (Å²) in [6.45, 7) is 1.71. The van der Waals surface area contributed by atoms with E-state index < -0.39 is 0 Å². The molecule has 116 valence electrons. The van der Waals surface area contributed by atoms with Crippen molar-refractivity contribution in [1.29, 1.82) is 0 Å². The molecular formula is C18H14ClNO3. The highest BCUT2D eigenvalue weighted by Gasteiger charge is 2.10. The summed E-state index contributed by atoms with van der Waals surface area (Å²) in [5.41, 5.74) is 2.17. The molecule has 0 aliphatic heterocycles. The molecule has 0 fully saturated rings. The number of hydrogen-bond acceptors (Lipinski definition) is 4. The number of halogens is 1. The van der Waals surface area contributed by atoms with E-state index in [1.807, 2.05) is 18.2 Å². The number of ketones is 1. The fourth-order valence-corrected chi connectivity index (χ4v) is 2.30. The molecule has 4 nitrogen and oxygen atoms in total. The third-order valence-electron chi connectivity index (χ3n) is 3.34. The summed E-state index contributed by atoms with van der Waals surface area (Å²) in [5, 5.41) is 4.69. The van der Waals surface area contributed by atoms with Crippen LogP contribution in [0.25, 0.3) is 11.3 Å². The molecule has 0 saturated carbocycles. The fourth-order valence-electron chi connectivity index (χ4n) is 2.17. The van der Waals surface area contributed by atoms with Gasteiger partial charge in [0, 0.05) is 16.7 Å². The maximum atomic E-state index is 11.6. The highest BCUT2D eigenvalue weighted by atomic mass is 35.5. The molecule has 0 bridgehead atoms. The molecule has 3 aromatic rings. The summed E-state index contributed by atoms with van der Waals surface area (Å²) in [4.78, 5) is 11.6. The lowest BCUT2D eigenvalue weighted by Gasteiger charge is -2.07. The van der Waals surface area contributed by atoms with E-state index in [9.17, 15) is 4.79 Å². The van der Waals surface area contributed by atoms with Crippen LogP contribution in [0, 0.1) is 0 Å². The van der Waals surface area contributed by atoms with Crippen molar-refractivity contribution in [3.05, 3.63) is 70.9 Å². The quantitative estimate of drug-likeness (QED) is 0.633. The van der Waals surface area contributed by atoms with Crippen molar-refractivity contribution in [2.24, 2.45) is 0 Å². The summed E-state index contributed by atoms with van der Waals surface area (Å²) in [7, 11) is 0. The van der Waals surface area contributed by atoms with E-state index in [-0.39, 0.29) is 12.4 Å². The van der Waals surface area contributed by atoms with Gasteiger partial charge in [-0.05, 0) is 31.2 Å². The van der Waals surface area contributed by atoms with Gasteiger partial charge in [-0.15, -0.1) is 0 Å². The topological polar surface area (TPSA) is 52.3 Å². The minimum Gasteiger partial charge on any atom is -0.485 e. The lowest BCUT2D eigenvalue weighted by Crippen LogP contribution is -2.00. The Hall–Kier alpha value is -2.59. The van der Waals surface area contributed by atoms with Gasteiger partial charge in [0.15, 0.2) is 11.5 Å². The predicted octanol–water partition coefficient (Wildman–Crippen LogP) is 4.78. The van der Waals surface area contributed by atoms with Gasteiger partial charge in [-0.3, -0.25) is 4.79 Å². The molecule has 0 aliphatic rings. The van der Waals surface area contributed by atoms with Crippen LogP contribution in [0.3, 0.4) is 0 Å². The van der Waals surface area contributed by atoms with Gasteiger partial charge < -0.3 is 9.26 Å². The number of hydrogen-bond donors (Lipinski definition) is 0. The van der Waals surface area contributed by atoms with Gasteiger partial charge in [-0.1, -0.05) is 41.0 Å². The molecule has 3 rings (SSSR count). The van der Waals surface area contributed by atoms with Crippen LogP contribution in [0.15, 0.2) is 59.1 Å². The second kappa shape index (κ2) is 6.67. The number of para-hydroxylation sites is 1. The highest BCUT2D eigenvalue weighted by Crippen LogP contribution is 2.23. The zero-order valence-corrected chi connectivity index (χ0v) is 13.2. The first-order valence-corrected chi connectivity index (χ1v) is 7.45. The minimum absolute atomic E-state index is 0.0416. The number of benzene rings is 2. The van der Waals surface area contributed by atoms with Gasteiger partial charge in [0.2, 0.25) is 0 Å². The maximum absolute atomic E-state index is 11.6. The van der Waals surface area contributed by atoms with Crippen LogP contribution in [0.1, 0.15) is 23.0 Å². The summed E-state index contributed by atoms with van der Waals surface area (Å²) < 4.78 is 11.0. The van der Waals surface area contributed by atoms with Gasteiger partial charge in [-0.2, -0.15) is 0 Å². The van der Waals surface area contributed by atoms with E-state index in [4.69, 9.17) is 20.9 Å². The third kappa shape index (κ3) is 3.60. The summed E-state index contributed by atoms with van der Waals surface area (Å²) >= 11 is 5.87. The predicted molar refractivity (Wildman–Crippen MR) is 87.7 cm³/mol. The molecule has 1 heterocycles. The molecule has 0 spiro atoms. The maximum Gasteiger partial charge on any atom is 0.174 e. The number of rotatable bonds is 5. The summed E-state index contributed by atoms with van der Waals surface area (Å²) in [6.07, 6.45) is 0. The fraction of sp³-hybridized carbons (Fsp3) is 0.111. The average Bonchev–Trinajstić information content (AvgIpc) is 3.03. The smallest absolute Gasteiger partial charge is 0.174 e. The Labute approximate surface area is 138 Å². The largest absolute Gasteiger partial charge is 0.485 e. The number of ether oxygens (including phenoxy) is 1. The first-order valence-electron chi connectivity index (χ1n) is 7.08. The average molecular weight is 328 g/mol. The third-order valence-corrected chi connectivity index (χ3v) is 3.59. The molecule has 0 N–H and O–H groups in total.